The number of carbonyl (C=O) groups is 1. The van der Waals surface area contributed by atoms with E-state index in [2.05, 4.69) is 5.16 Å². The second-order valence-corrected chi connectivity index (χ2v) is 6.29. The van der Waals surface area contributed by atoms with Gasteiger partial charge in [0.15, 0.2) is 5.58 Å². The molecule has 0 spiro atoms. The second kappa shape index (κ2) is 6.58. The highest BCUT2D eigenvalue weighted by Crippen LogP contribution is 2.17. The Balaban J connectivity index is 1.71. The predicted molar refractivity (Wildman–Crippen MR) is 92.3 cm³/mol. The number of aromatic nitrogens is 2. The summed E-state index contributed by atoms with van der Waals surface area (Å²) in [6, 6.07) is 5.55. The van der Waals surface area contributed by atoms with E-state index in [1.165, 1.54) is 4.57 Å². The van der Waals surface area contributed by atoms with E-state index in [1.54, 1.807) is 18.0 Å². The summed E-state index contributed by atoms with van der Waals surface area (Å²) in [5, 5.41) is 3.90. The molecule has 132 valence electrons. The van der Waals surface area contributed by atoms with Crippen molar-refractivity contribution in [1.82, 2.24) is 14.6 Å². The molecule has 2 aromatic heterocycles. The monoisotopic (exact) mass is 343 g/mol. The summed E-state index contributed by atoms with van der Waals surface area (Å²) in [6.07, 6.45) is 0.211. The van der Waals surface area contributed by atoms with Gasteiger partial charge in [0.2, 0.25) is 5.91 Å². The third-order valence-electron chi connectivity index (χ3n) is 4.37. The fourth-order valence-corrected chi connectivity index (χ4v) is 2.84. The van der Waals surface area contributed by atoms with Crippen molar-refractivity contribution >= 4 is 17.0 Å². The maximum absolute atomic E-state index is 12.4. The summed E-state index contributed by atoms with van der Waals surface area (Å²) in [7, 11) is 1.73. The van der Waals surface area contributed by atoms with Crippen molar-refractivity contribution in [3.63, 3.8) is 0 Å². The molecule has 0 saturated carbocycles. The third kappa shape index (κ3) is 3.35. The SMILES string of the molecule is Cc1ccc2oc(=O)n(CCC(=O)N(C)Cc3c(C)noc3C)c2c1. The van der Waals surface area contributed by atoms with Gasteiger partial charge in [0, 0.05) is 25.6 Å². The van der Waals surface area contributed by atoms with Crippen LogP contribution in [0.4, 0.5) is 0 Å². The minimum absolute atomic E-state index is 0.0612. The van der Waals surface area contributed by atoms with Crippen LogP contribution >= 0.6 is 0 Å². The van der Waals surface area contributed by atoms with E-state index in [9.17, 15) is 9.59 Å². The van der Waals surface area contributed by atoms with Gasteiger partial charge in [0.25, 0.3) is 0 Å². The third-order valence-corrected chi connectivity index (χ3v) is 4.37. The van der Waals surface area contributed by atoms with Crippen molar-refractivity contribution in [2.45, 2.75) is 40.3 Å². The van der Waals surface area contributed by atoms with Crippen molar-refractivity contribution in [1.29, 1.82) is 0 Å². The molecule has 7 heteroatoms. The first kappa shape index (κ1) is 17.0. The zero-order valence-corrected chi connectivity index (χ0v) is 14.8. The summed E-state index contributed by atoms with van der Waals surface area (Å²) in [6.45, 7) is 6.33. The number of fused-ring (bicyclic) bond motifs is 1. The molecule has 3 aromatic rings. The molecule has 25 heavy (non-hydrogen) atoms. The Kier molecular flexibility index (Phi) is 4.48. The van der Waals surface area contributed by atoms with Crippen LogP contribution in [0.15, 0.2) is 31.9 Å². The Bertz CT molecular complexity index is 961. The van der Waals surface area contributed by atoms with Gasteiger partial charge >= 0.3 is 5.76 Å². The lowest BCUT2D eigenvalue weighted by Crippen LogP contribution is -2.28. The van der Waals surface area contributed by atoms with Crippen molar-refractivity contribution in [2.24, 2.45) is 0 Å². The van der Waals surface area contributed by atoms with E-state index in [-0.39, 0.29) is 18.9 Å². The first-order valence-electron chi connectivity index (χ1n) is 8.12. The van der Waals surface area contributed by atoms with E-state index in [4.69, 9.17) is 8.94 Å². The van der Waals surface area contributed by atoms with Gasteiger partial charge in [0.05, 0.1) is 17.8 Å². The zero-order valence-electron chi connectivity index (χ0n) is 14.8. The van der Waals surface area contributed by atoms with Crippen molar-refractivity contribution in [2.75, 3.05) is 7.05 Å². The Morgan fingerprint density at radius 3 is 2.72 bits per heavy atom. The zero-order chi connectivity index (χ0) is 18.1. The van der Waals surface area contributed by atoms with Crippen LogP contribution < -0.4 is 5.76 Å². The fraction of sp³-hybridized carbons (Fsp3) is 0.389. The minimum Gasteiger partial charge on any atom is -0.408 e. The lowest BCUT2D eigenvalue weighted by Gasteiger charge is -2.17. The summed E-state index contributed by atoms with van der Waals surface area (Å²) in [4.78, 5) is 26.1. The molecule has 1 amide bonds. The molecular formula is C18H21N3O4. The predicted octanol–water partition coefficient (Wildman–Crippen LogP) is 2.56. The van der Waals surface area contributed by atoms with Gasteiger partial charge in [0.1, 0.15) is 5.76 Å². The van der Waals surface area contributed by atoms with E-state index in [0.29, 0.717) is 23.4 Å². The van der Waals surface area contributed by atoms with E-state index in [1.807, 2.05) is 32.9 Å². The minimum atomic E-state index is -0.443. The highest BCUT2D eigenvalue weighted by Gasteiger charge is 2.17. The van der Waals surface area contributed by atoms with Crippen LogP contribution in [0.1, 0.15) is 29.0 Å². The Morgan fingerprint density at radius 1 is 1.28 bits per heavy atom. The molecule has 0 fully saturated rings. The van der Waals surface area contributed by atoms with Crippen LogP contribution in [0.2, 0.25) is 0 Å². The Hall–Kier alpha value is -2.83. The molecular weight excluding hydrogens is 322 g/mol. The summed E-state index contributed by atoms with van der Waals surface area (Å²) < 4.78 is 11.9. The van der Waals surface area contributed by atoms with E-state index >= 15 is 0 Å². The number of benzene rings is 1. The quantitative estimate of drug-likeness (QED) is 0.711. The van der Waals surface area contributed by atoms with Crippen LogP contribution in [0, 0.1) is 20.8 Å². The fourth-order valence-electron chi connectivity index (χ4n) is 2.84. The average molecular weight is 343 g/mol. The molecule has 0 radical (unpaired) electrons. The van der Waals surface area contributed by atoms with Crippen LogP contribution in [-0.4, -0.2) is 27.6 Å². The van der Waals surface area contributed by atoms with Gasteiger partial charge in [-0.1, -0.05) is 11.2 Å². The number of rotatable bonds is 5. The lowest BCUT2D eigenvalue weighted by atomic mass is 10.2. The van der Waals surface area contributed by atoms with Gasteiger partial charge in [-0.3, -0.25) is 9.36 Å². The number of carbonyl (C=O) groups excluding carboxylic acids is 1. The lowest BCUT2D eigenvalue weighted by molar-refractivity contribution is -0.130. The molecule has 2 heterocycles. The van der Waals surface area contributed by atoms with Crippen LogP contribution in [-0.2, 0) is 17.9 Å². The number of hydrogen-bond acceptors (Lipinski definition) is 5. The van der Waals surface area contributed by atoms with Crippen LogP contribution in [0.5, 0.6) is 0 Å². The van der Waals surface area contributed by atoms with Gasteiger partial charge < -0.3 is 13.8 Å². The maximum atomic E-state index is 12.4. The number of oxazole rings is 1. The largest absolute Gasteiger partial charge is 0.419 e. The molecule has 0 atom stereocenters. The van der Waals surface area contributed by atoms with Gasteiger partial charge in [-0.05, 0) is 38.5 Å². The number of hydrogen-bond donors (Lipinski definition) is 0. The number of aryl methyl sites for hydroxylation is 4. The molecule has 0 saturated heterocycles. The molecule has 7 nitrogen and oxygen atoms in total. The standard InChI is InChI=1S/C18H21N3O4/c1-11-5-6-16-15(9-11)21(18(23)24-16)8-7-17(22)20(4)10-14-12(2)19-25-13(14)3/h5-6,9H,7-8,10H2,1-4H3. The molecule has 1 aromatic carbocycles. The van der Waals surface area contributed by atoms with Gasteiger partial charge in [-0.25, -0.2) is 4.79 Å². The highest BCUT2D eigenvalue weighted by atomic mass is 16.5. The first-order chi connectivity index (χ1) is 11.9. The summed E-state index contributed by atoms with van der Waals surface area (Å²) in [5.41, 5.74) is 3.98. The second-order valence-electron chi connectivity index (χ2n) is 6.29. The molecule has 0 aliphatic carbocycles. The van der Waals surface area contributed by atoms with Gasteiger partial charge in [-0.15, -0.1) is 0 Å². The van der Waals surface area contributed by atoms with Gasteiger partial charge in [-0.2, -0.15) is 0 Å². The molecule has 0 aliphatic heterocycles. The number of nitrogens with zero attached hydrogens (tertiary/aromatic N) is 3. The van der Waals surface area contributed by atoms with Crippen LogP contribution in [0.3, 0.4) is 0 Å². The summed E-state index contributed by atoms with van der Waals surface area (Å²) in [5.74, 6) is 0.209. The topological polar surface area (TPSA) is 81.5 Å². The first-order valence-corrected chi connectivity index (χ1v) is 8.12. The van der Waals surface area contributed by atoms with Crippen LogP contribution in [0.25, 0.3) is 11.1 Å². The molecule has 0 unspecified atom stereocenters. The number of amides is 1. The van der Waals surface area contributed by atoms with Crippen molar-refractivity contribution in [3.8, 4) is 0 Å². The average Bonchev–Trinajstić information content (AvgIpc) is 3.05. The Labute approximate surface area is 144 Å². The van der Waals surface area contributed by atoms with Crippen molar-refractivity contribution < 1.29 is 13.7 Å². The molecule has 0 N–H and O–H groups in total. The smallest absolute Gasteiger partial charge is 0.408 e. The Morgan fingerprint density at radius 2 is 2.04 bits per heavy atom. The summed E-state index contributed by atoms with van der Waals surface area (Å²) >= 11 is 0. The van der Waals surface area contributed by atoms with E-state index < -0.39 is 5.76 Å². The highest BCUT2D eigenvalue weighted by molar-refractivity contribution is 5.77. The molecule has 0 bridgehead atoms. The van der Waals surface area contributed by atoms with E-state index in [0.717, 1.165) is 16.8 Å². The maximum Gasteiger partial charge on any atom is 0.419 e. The van der Waals surface area contributed by atoms with Crippen molar-refractivity contribution in [3.05, 3.63) is 51.3 Å². The molecule has 0 aliphatic rings. The normalized spacial score (nSPS) is 11.2. The molecule has 3 rings (SSSR count).